The molecule has 4 rings (SSSR count). The Morgan fingerprint density at radius 2 is 1.75 bits per heavy atom. The highest BCUT2D eigenvalue weighted by Crippen LogP contribution is 2.39. The van der Waals surface area contributed by atoms with Crippen molar-refractivity contribution < 1.29 is 47.5 Å². The molecule has 1 amide bonds. The molecule has 5 unspecified atom stereocenters. The average molecular weight is 635 g/mol. The van der Waals surface area contributed by atoms with Crippen LogP contribution in [0.2, 0.25) is 0 Å². The van der Waals surface area contributed by atoms with Gasteiger partial charge in [-0.3, -0.25) is 4.79 Å². The van der Waals surface area contributed by atoms with Crippen LogP contribution in [0.3, 0.4) is 0 Å². The van der Waals surface area contributed by atoms with Crippen molar-refractivity contribution in [2.45, 2.75) is 75.1 Å². The van der Waals surface area contributed by atoms with Crippen molar-refractivity contribution in [1.29, 1.82) is 0 Å². The summed E-state index contributed by atoms with van der Waals surface area (Å²) in [6.07, 6.45) is 1.10. The number of hydrogen-bond acceptors (Lipinski definition) is 10. The summed E-state index contributed by atoms with van der Waals surface area (Å²) < 4.78 is 40.8. The van der Waals surface area contributed by atoms with Crippen molar-refractivity contribution in [3.05, 3.63) is 65.2 Å². The molecular weight excluding hydrogens is 592 g/mol. The number of ether oxygens (including phenoxy) is 3. The Balaban J connectivity index is 1.28. The predicted octanol–water partition coefficient (Wildman–Crippen LogP) is 1.36. The third-order valence-corrected chi connectivity index (χ3v) is 8.70. The summed E-state index contributed by atoms with van der Waals surface area (Å²) in [6, 6.07) is 15.4. The van der Waals surface area contributed by atoms with Gasteiger partial charge in [-0.05, 0) is 54.5 Å². The van der Waals surface area contributed by atoms with Crippen molar-refractivity contribution in [1.82, 2.24) is 4.72 Å². The normalized spacial score (nSPS) is 23.6. The van der Waals surface area contributed by atoms with Crippen LogP contribution in [0.4, 0.5) is 5.69 Å². The molecule has 0 bridgehead atoms. The molecular formula is C31H42N2O10S. The van der Waals surface area contributed by atoms with Gasteiger partial charge < -0.3 is 34.4 Å². The topological polar surface area (TPSA) is 172 Å². The lowest BCUT2D eigenvalue weighted by molar-refractivity contribution is -0.239. The molecule has 2 fully saturated rings. The molecule has 0 aliphatic carbocycles. The first-order valence-corrected chi connectivity index (χ1v) is 16.6. The lowest BCUT2D eigenvalue weighted by Crippen LogP contribution is -2.46. The molecule has 2 aromatic carbocycles. The number of aliphatic hydroxyl groups excluding tert-OH is 2. The molecule has 5 atom stereocenters. The van der Waals surface area contributed by atoms with Gasteiger partial charge in [-0.1, -0.05) is 36.4 Å². The van der Waals surface area contributed by atoms with E-state index in [-0.39, 0.29) is 37.8 Å². The monoisotopic (exact) mass is 634 g/mol. The van der Waals surface area contributed by atoms with E-state index < -0.39 is 46.7 Å². The Labute approximate surface area is 258 Å². The average Bonchev–Trinajstić information content (AvgIpc) is 3.00. The summed E-state index contributed by atoms with van der Waals surface area (Å²) >= 11 is 0. The number of carbonyl (C=O) groups excluding carboxylic acids is 2. The van der Waals surface area contributed by atoms with Gasteiger partial charge in [0.15, 0.2) is 12.4 Å². The van der Waals surface area contributed by atoms with Crippen LogP contribution in [-0.4, -0.2) is 92.8 Å². The van der Waals surface area contributed by atoms with Gasteiger partial charge in [0.2, 0.25) is 15.9 Å². The van der Waals surface area contributed by atoms with E-state index in [0.29, 0.717) is 32.2 Å². The minimum atomic E-state index is -3.20. The van der Waals surface area contributed by atoms with Crippen molar-refractivity contribution in [3.63, 3.8) is 0 Å². The van der Waals surface area contributed by atoms with Crippen LogP contribution in [0.5, 0.6) is 0 Å². The Hall–Kier alpha value is -2.91. The van der Waals surface area contributed by atoms with Crippen LogP contribution in [0, 0.1) is 0 Å². The molecule has 13 heteroatoms. The number of aryl methyl sites for hydroxylation is 2. The molecule has 242 valence electrons. The second kappa shape index (κ2) is 14.9. The third kappa shape index (κ3) is 9.30. The molecule has 2 aliphatic rings. The largest absolute Gasteiger partial charge is 0.467 e. The number of β-lactam (4-membered cyclic amide) rings is 1. The van der Waals surface area contributed by atoms with Crippen LogP contribution in [0.25, 0.3) is 0 Å². The zero-order valence-electron chi connectivity index (χ0n) is 25.1. The molecule has 2 saturated heterocycles. The summed E-state index contributed by atoms with van der Waals surface area (Å²) in [6.45, 7) is -0.422. The Kier molecular flexibility index (Phi) is 11.5. The molecule has 4 N–H and O–H groups in total. The van der Waals surface area contributed by atoms with Gasteiger partial charge in [-0.25, -0.2) is 17.9 Å². The van der Waals surface area contributed by atoms with Gasteiger partial charge in [0.1, 0.15) is 5.60 Å². The number of sulfonamides is 1. The first-order chi connectivity index (χ1) is 20.9. The fourth-order valence-electron chi connectivity index (χ4n) is 5.36. The number of nitrogens with zero attached hydrogens (tertiary/aromatic N) is 1. The van der Waals surface area contributed by atoms with Gasteiger partial charge in [0, 0.05) is 25.1 Å². The zero-order chi connectivity index (χ0) is 31.9. The van der Waals surface area contributed by atoms with Crippen LogP contribution in [-0.2, 0) is 46.7 Å². The second-order valence-electron chi connectivity index (χ2n) is 11.6. The maximum absolute atomic E-state index is 12.5. The maximum Gasteiger partial charge on any atom is 0.335 e. The molecule has 2 heterocycles. The molecule has 12 nitrogen and oxygen atoms in total. The lowest BCUT2D eigenvalue weighted by atomic mass is 9.90. The van der Waals surface area contributed by atoms with Gasteiger partial charge in [-0.15, -0.1) is 0 Å². The highest BCUT2D eigenvalue weighted by atomic mass is 32.2. The molecule has 2 aromatic rings. The number of rotatable bonds is 15. The second-order valence-corrected chi connectivity index (χ2v) is 13.4. The number of esters is 1. The molecule has 0 radical (unpaired) electrons. The molecule has 0 saturated carbocycles. The first kappa shape index (κ1) is 34.0. The third-order valence-electron chi connectivity index (χ3n) is 7.98. The number of aliphatic hydroxyl groups is 3. The minimum Gasteiger partial charge on any atom is -0.467 e. The number of hydrogen-bond donors (Lipinski definition) is 4. The number of carbonyl (C=O) groups is 2. The fraction of sp³-hybridized carbons (Fsp3) is 0.548. The summed E-state index contributed by atoms with van der Waals surface area (Å²) in [7, 11) is -1.97. The van der Waals surface area contributed by atoms with E-state index in [0.717, 1.165) is 28.6 Å². The molecule has 0 aromatic heterocycles. The SMILES string of the molecule is COC(=O)C1CC(O)CC(OCC(O)(CO)CCc2ccc(C3CC(=O)N3c3ccc(CCCNS(C)(=O)=O)cc3)cc2)O1. The summed E-state index contributed by atoms with van der Waals surface area (Å²) in [5.41, 5.74) is 2.22. The summed E-state index contributed by atoms with van der Waals surface area (Å²) in [4.78, 5) is 26.1. The number of methoxy groups -OCH3 is 1. The zero-order valence-corrected chi connectivity index (χ0v) is 25.9. The molecule has 0 spiro atoms. The van der Waals surface area contributed by atoms with E-state index in [9.17, 15) is 33.3 Å². The first-order valence-electron chi connectivity index (χ1n) is 14.7. The van der Waals surface area contributed by atoms with Gasteiger partial charge in [0.05, 0.1) is 45.1 Å². The quantitative estimate of drug-likeness (QED) is 0.127. The van der Waals surface area contributed by atoms with Crippen LogP contribution in [0.15, 0.2) is 48.5 Å². The number of nitrogens with one attached hydrogen (secondary N) is 1. The van der Waals surface area contributed by atoms with E-state index >= 15 is 0 Å². The van der Waals surface area contributed by atoms with Crippen molar-refractivity contribution in [2.75, 3.05) is 38.0 Å². The molecule has 2 aliphatic heterocycles. The lowest BCUT2D eigenvalue weighted by Gasteiger charge is -2.41. The highest BCUT2D eigenvalue weighted by Gasteiger charge is 2.38. The van der Waals surface area contributed by atoms with E-state index in [1.807, 2.05) is 48.5 Å². The highest BCUT2D eigenvalue weighted by molar-refractivity contribution is 7.88. The fourth-order valence-corrected chi connectivity index (χ4v) is 5.87. The van der Waals surface area contributed by atoms with E-state index in [1.165, 1.54) is 7.11 Å². The van der Waals surface area contributed by atoms with E-state index in [1.54, 1.807) is 4.90 Å². The summed E-state index contributed by atoms with van der Waals surface area (Å²) in [5.74, 6) is -0.580. The predicted molar refractivity (Wildman–Crippen MR) is 161 cm³/mol. The maximum atomic E-state index is 12.5. The van der Waals surface area contributed by atoms with Gasteiger partial charge in [-0.2, -0.15) is 0 Å². The van der Waals surface area contributed by atoms with Crippen molar-refractivity contribution in [2.24, 2.45) is 0 Å². The van der Waals surface area contributed by atoms with Crippen LogP contribution >= 0.6 is 0 Å². The standard InChI is InChI=1S/C31H42N2O10S/c1-41-30(37)27-16-25(35)17-29(43-27)42-20-31(38,19-34)14-13-22-5-9-23(10-6-22)26-18-28(36)33(26)24-11-7-21(8-12-24)4-3-15-32-44(2,39)40/h5-12,25-27,29,32,34-35,38H,3-4,13-20H2,1-2H3. The van der Waals surface area contributed by atoms with Crippen molar-refractivity contribution in [3.8, 4) is 0 Å². The Bertz CT molecular complexity index is 1370. The van der Waals surface area contributed by atoms with Crippen molar-refractivity contribution >= 4 is 27.6 Å². The van der Waals surface area contributed by atoms with Gasteiger partial charge >= 0.3 is 5.97 Å². The van der Waals surface area contributed by atoms with Crippen LogP contribution < -0.4 is 9.62 Å². The van der Waals surface area contributed by atoms with Gasteiger partial charge in [0.25, 0.3) is 0 Å². The van der Waals surface area contributed by atoms with E-state index in [2.05, 4.69) is 9.46 Å². The summed E-state index contributed by atoms with van der Waals surface area (Å²) in [5, 5.41) is 30.9. The van der Waals surface area contributed by atoms with Crippen LogP contribution in [0.1, 0.15) is 54.8 Å². The number of anilines is 1. The molecule has 44 heavy (non-hydrogen) atoms. The minimum absolute atomic E-state index is 0.0320. The van der Waals surface area contributed by atoms with E-state index in [4.69, 9.17) is 9.47 Å². The smallest absolute Gasteiger partial charge is 0.335 e. The number of amides is 1. The Morgan fingerprint density at radius 1 is 1.09 bits per heavy atom. The number of benzene rings is 2. The Morgan fingerprint density at radius 3 is 2.36 bits per heavy atom.